The third kappa shape index (κ3) is 1.86. The van der Waals surface area contributed by atoms with Crippen LogP contribution in [-0.2, 0) is 4.74 Å². The van der Waals surface area contributed by atoms with Crippen LogP contribution in [0.3, 0.4) is 0 Å². The number of ether oxygens (including phenoxy) is 1. The molecule has 1 aliphatic rings. The minimum absolute atomic E-state index is 0.586. The molecule has 96 valence electrons. The van der Waals surface area contributed by atoms with Crippen LogP contribution in [0.2, 0.25) is 0 Å². The fraction of sp³-hybridized carbons (Fsp3) is 1.00. The second-order valence-corrected chi connectivity index (χ2v) is 5.03. The van der Waals surface area contributed by atoms with Crippen molar-refractivity contribution in [2.45, 2.75) is 42.9 Å². The average molecular weight is 254 g/mol. The van der Waals surface area contributed by atoms with Crippen LogP contribution in [0.1, 0.15) is 13.8 Å². The van der Waals surface area contributed by atoms with E-state index in [4.69, 9.17) is 9.84 Å². The molecule has 5 atom stereocenters. The Bertz CT molecular complexity index is 258. The van der Waals surface area contributed by atoms with Gasteiger partial charge in [-0.1, -0.05) is 13.8 Å². The van der Waals surface area contributed by atoms with E-state index in [2.05, 4.69) is 12.6 Å². The number of aliphatic hydroxyl groups excluding tert-OH is 3. The third-order valence-electron chi connectivity index (χ3n) is 2.94. The van der Waals surface area contributed by atoms with Crippen LogP contribution >= 0.6 is 12.6 Å². The number of rotatable bonds is 2. The Balaban J connectivity index is 3.10. The van der Waals surface area contributed by atoms with Crippen LogP contribution < -0.4 is 0 Å². The molecule has 1 unspecified atom stereocenters. The number of hydrogen-bond acceptors (Lipinski definition) is 7. The molecule has 7 heteroatoms. The molecule has 1 fully saturated rings. The minimum Gasteiger partial charge on any atom is -0.394 e. The van der Waals surface area contributed by atoms with Crippen molar-refractivity contribution in [2.24, 2.45) is 5.92 Å². The van der Waals surface area contributed by atoms with E-state index in [0.29, 0.717) is 0 Å². The van der Waals surface area contributed by atoms with Gasteiger partial charge in [-0.25, -0.2) is 0 Å². The molecule has 0 spiro atoms. The van der Waals surface area contributed by atoms with E-state index in [1.807, 2.05) is 0 Å². The summed E-state index contributed by atoms with van der Waals surface area (Å²) >= 11 is 3.76. The van der Waals surface area contributed by atoms with Crippen molar-refractivity contribution >= 4 is 12.6 Å². The maximum absolute atomic E-state index is 10.1. The van der Waals surface area contributed by atoms with E-state index in [1.54, 1.807) is 13.8 Å². The Morgan fingerprint density at radius 3 is 2.19 bits per heavy atom. The molecular weight excluding hydrogens is 236 g/mol. The van der Waals surface area contributed by atoms with Gasteiger partial charge in [-0.05, 0) is 0 Å². The van der Waals surface area contributed by atoms with Crippen LogP contribution in [0, 0.1) is 5.92 Å². The van der Waals surface area contributed by atoms with Gasteiger partial charge in [0.25, 0.3) is 0 Å². The molecule has 0 saturated carbocycles. The SMILES string of the molecule is CC(C)C1(O)O[C@H](CO)[C@H](O)[C@H](O)[C@@]1(O)S. The van der Waals surface area contributed by atoms with Crippen LogP contribution in [0.25, 0.3) is 0 Å². The van der Waals surface area contributed by atoms with E-state index >= 15 is 0 Å². The summed E-state index contributed by atoms with van der Waals surface area (Å²) in [5, 5.41) is 48.2. The smallest absolute Gasteiger partial charge is 0.210 e. The number of hydrogen-bond donors (Lipinski definition) is 6. The quantitative estimate of drug-likeness (QED) is 0.253. The molecule has 0 aliphatic carbocycles. The second-order valence-electron chi connectivity index (χ2n) is 4.35. The van der Waals surface area contributed by atoms with E-state index in [0.717, 1.165) is 0 Å². The highest BCUT2D eigenvalue weighted by Crippen LogP contribution is 2.43. The van der Waals surface area contributed by atoms with Crippen molar-refractivity contribution in [2.75, 3.05) is 6.61 Å². The molecule has 0 radical (unpaired) electrons. The van der Waals surface area contributed by atoms with Gasteiger partial charge in [-0.15, -0.1) is 12.6 Å². The molecule has 1 saturated heterocycles. The Kier molecular flexibility index (Phi) is 3.91. The normalized spacial score (nSPS) is 49.7. The predicted octanol–water partition coefficient (Wildman–Crippen LogP) is -1.94. The molecule has 0 amide bonds. The first-order valence-corrected chi connectivity index (χ1v) is 5.45. The van der Waals surface area contributed by atoms with Gasteiger partial charge >= 0.3 is 0 Å². The van der Waals surface area contributed by atoms with Gasteiger partial charge in [-0.2, -0.15) is 0 Å². The van der Waals surface area contributed by atoms with Crippen molar-refractivity contribution in [1.82, 2.24) is 0 Å². The largest absolute Gasteiger partial charge is 0.394 e. The summed E-state index contributed by atoms with van der Waals surface area (Å²) in [7, 11) is 0. The van der Waals surface area contributed by atoms with Gasteiger partial charge in [0.2, 0.25) is 5.79 Å². The molecule has 5 N–H and O–H groups in total. The van der Waals surface area contributed by atoms with Gasteiger partial charge in [0.1, 0.15) is 18.3 Å². The first kappa shape index (κ1) is 14.2. The Labute approximate surface area is 98.9 Å². The zero-order valence-electron chi connectivity index (χ0n) is 9.11. The first-order valence-electron chi connectivity index (χ1n) is 5.00. The highest BCUT2D eigenvalue weighted by molar-refractivity contribution is 7.81. The molecule has 0 aromatic rings. The van der Waals surface area contributed by atoms with Gasteiger partial charge < -0.3 is 30.3 Å². The van der Waals surface area contributed by atoms with Crippen molar-refractivity contribution in [3.63, 3.8) is 0 Å². The van der Waals surface area contributed by atoms with Crippen LogP contribution in [0.4, 0.5) is 0 Å². The van der Waals surface area contributed by atoms with Crippen LogP contribution in [0.5, 0.6) is 0 Å². The van der Waals surface area contributed by atoms with Crippen molar-refractivity contribution in [1.29, 1.82) is 0 Å². The molecule has 16 heavy (non-hydrogen) atoms. The molecule has 0 bridgehead atoms. The molecule has 1 aliphatic heterocycles. The zero-order valence-corrected chi connectivity index (χ0v) is 10.0. The summed E-state index contributed by atoms with van der Waals surface area (Å²) in [6.45, 7) is 2.53. The van der Waals surface area contributed by atoms with Gasteiger partial charge in [0.05, 0.1) is 6.61 Å². The molecule has 0 aromatic carbocycles. The summed E-state index contributed by atoms with van der Waals surface area (Å²) in [6.07, 6.45) is -4.42. The maximum Gasteiger partial charge on any atom is 0.210 e. The zero-order chi connectivity index (χ0) is 12.7. The summed E-state index contributed by atoms with van der Waals surface area (Å²) in [5.41, 5.74) is 0. The summed E-state index contributed by atoms with van der Waals surface area (Å²) in [6, 6.07) is 0. The van der Waals surface area contributed by atoms with Crippen molar-refractivity contribution in [3.05, 3.63) is 0 Å². The van der Waals surface area contributed by atoms with Gasteiger partial charge in [-0.3, -0.25) is 0 Å². The molecule has 1 heterocycles. The fourth-order valence-electron chi connectivity index (χ4n) is 1.75. The van der Waals surface area contributed by atoms with E-state index < -0.39 is 41.6 Å². The highest BCUT2D eigenvalue weighted by Gasteiger charge is 2.62. The number of aliphatic hydroxyl groups is 5. The summed E-state index contributed by atoms with van der Waals surface area (Å²) in [4.78, 5) is -2.31. The Morgan fingerprint density at radius 2 is 1.81 bits per heavy atom. The molecule has 0 aromatic heterocycles. The Hall–Kier alpha value is 0.110. The average Bonchev–Trinajstić information content (AvgIpc) is 2.21. The van der Waals surface area contributed by atoms with Crippen molar-refractivity contribution < 1.29 is 30.3 Å². The second kappa shape index (κ2) is 4.41. The topological polar surface area (TPSA) is 110 Å². The van der Waals surface area contributed by atoms with Crippen molar-refractivity contribution in [3.8, 4) is 0 Å². The highest BCUT2D eigenvalue weighted by atomic mass is 32.1. The summed E-state index contributed by atoms with van der Waals surface area (Å²) in [5.74, 6) is -2.74. The lowest BCUT2D eigenvalue weighted by Gasteiger charge is -2.52. The lowest BCUT2D eigenvalue weighted by molar-refractivity contribution is -0.375. The van der Waals surface area contributed by atoms with Crippen LogP contribution in [0.15, 0.2) is 0 Å². The lowest BCUT2D eigenvalue weighted by Crippen LogP contribution is -2.72. The standard InChI is InChI=1S/C9H18O6S/c1-4(2)8(13)9(14,16)7(12)6(11)5(3-10)15-8/h4-7,10-14,16H,3H2,1-2H3/t5-,6+,7+,8?,9-/m1/s1. The molecule has 1 rings (SSSR count). The third-order valence-corrected chi connectivity index (χ3v) is 3.52. The Morgan fingerprint density at radius 1 is 1.31 bits per heavy atom. The van der Waals surface area contributed by atoms with E-state index in [1.165, 1.54) is 0 Å². The predicted molar refractivity (Wildman–Crippen MR) is 57.7 cm³/mol. The monoisotopic (exact) mass is 254 g/mol. The molecule has 6 nitrogen and oxygen atoms in total. The van der Waals surface area contributed by atoms with Gasteiger partial charge in [0, 0.05) is 5.92 Å². The van der Waals surface area contributed by atoms with Gasteiger partial charge in [0.15, 0.2) is 4.93 Å². The molecular formula is C9H18O6S. The van der Waals surface area contributed by atoms with E-state index in [-0.39, 0.29) is 0 Å². The lowest BCUT2D eigenvalue weighted by atomic mass is 9.85. The summed E-state index contributed by atoms with van der Waals surface area (Å²) < 4.78 is 5.05. The number of thiol groups is 1. The fourth-order valence-corrected chi connectivity index (χ4v) is 2.21. The van der Waals surface area contributed by atoms with E-state index in [9.17, 15) is 20.4 Å². The maximum atomic E-state index is 10.1. The van der Waals surface area contributed by atoms with Crippen LogP contribution in [-0.4, -0.2) is 61.2 Å². The first-order chi connectivity index (χ1) is 7.18. The minimum atomic E-state index is -2.31.